The Morgan fingerprint density at radius 2 is 1.63 bits per heavy atom. The molecule has 4 aromatic carbocycles. The van der Waals surface area contributed by atoms with Gasteiger partial charge in [0.05, 0.1) is 40.8 Å². The number of carbonyl (C=O) groups excluding carboxylic acids is 4. The molecule has 0 bridgehead atoms. The van der Waals surface area contributed by atoms with Crippen LogP contribution in [0.1, 0.15) is 29.5 Å². The second-order valence-corrected chi connectivity index (χ2v) is 14.9. The summed E-state index contributed by atoms with van der Waals surface area (Å²) >= 11 is 0. The van der Waals surface area contributed by atoms with Crippen molar-refractivity contribution in [1.29, 1.82) is 0 Å². The number of phenols is 1. The average molecular weight is 722 g/mol. The van der Waals surface area contributed by atoms with Gasteiger partial charge in [-0.1, -0.05) is 71.8 Å². The lowest BCUT2D eigenvalue weighted by atomic mass is 9.48. The van der Waals surface area contributed by atoms with E-state index in [1.807, 2.05) is 55.5 Å². The van der Waals surface area contributed by atoms with Gasteiger partial charge in [-0.05, 0) is 84.7 Å². The van der Waals surface area contributed by atoms with Gasteiger partial charge in [0.15, 0.2) is 0 Å². The Morgan fingerprint density at radius 3 is 2.39 bits per heavy atom. The van der Waals surface area contributed by atoms with E-state index in [-0.39, 0.29) is 29.7 Å². The number of hydrogen-bond acceptors (Lipinski definition) is 9. The molecule has 3 aliphatic heterocycles. The number of nitrogens with zero attached hydrogens (tertiary/aromatic N) is 2. The van der Waals surface area contributed by atoms with Crippen molar-refractivity contribution in [1.82, 2.24) is 5.01 Å². The fraction of sp³-hybridized carbons (Fsp3) is 0.238. The number of amides is 4. The smallest absolute Gasteiger partial charge is 0.488 e. The van der Waals surface area contributed by atoms with E-state index in [0.29, 0.717) is 34.6 Å². The number of allylic oxidation sites excluding steroid dienone is 3. The Kier molecular flexibility index (Phi) is 7.88. The zero-order valence-corrected chi connectivity index (χ0v) is 29.3. The molecule has 4 amide bonds. The van der Waals surface area contributed by atoms with Crippen molar-refractivity contribution in [2.75, 3.05) is 10.3 Å². The number of rotatable bonds is 6. The van der Waals surface area contributed by atoms with Crippen LogP contribution >= 0.6 is 0 Å². The van der Waals surface area contributed by atoms with Crippen LogP contribution in [0.25, 0.3) is 0 Å². The molecule has 3 heterocycles. The first-order valence-corrected chi connectivity index (χ1v) is 18.1. The number of aromatic hydroxyl groups is 1. The zero-order chi connectivity index (χ0) is 37.5. The third-order valence-corrected chi connectivity index (χ3v) is 12.0. The highest BCUT2D eigenvalue weighted by Crippen LogP contribution is 2.63. The summed E-state index contributed by atoms with van der Waals surface area (Å²) in [6.07, 6.45) is 4.27. The van der Waals surface area contributed by atoms with Crippen molar-refractivity contribution >= 4 is 47.6 Å². The molecular formula is C42H36BN3O8. The summed E-state index contributed by atoms with van der Waals surface area (Å²) in [6.45, 7) is 1.95. The van der Waals surface area contributed by atoms with E-state index in [2.05, 4.69) is 5.43 Å². The van der Waals surface area contributed by atoms with Gasteiger partial charge in [0.25, 0.3) is 11.8 Å². The van der Waals surface area contributed by atoms with Crippen LogP contribution in [0.4, 0.5) is 11.4 Å². The second-order valence-electron chi connectivity index (χ2n) is 14.9. The minimum atomic E-state index is -1.79. The van der Waals surface area contributed by atoms with E-state index < -0.39 is 65.8 Å². The van der Waals surface area contributed by atoms with Gasteiger partial charge in [-0.25, -0.2) is 0 Å². The first kappa shape index (κ1) is 33.8. The quantitative estimate of drug-likeness (QED) is 0.132. The highest BCUT2D eigenvalue weighted by Gasteiger charge is 2.70. The van der Waals surface area contributed by atoms with Crippen molar-refractivity contribution in [3.63, 3.8) is 0 Å². The van der Waals surface area contributed by atoms with Gasteiger partial charge in [-0.3, -0.25) is 29.5 Å². The van der Waals surface area contributed by atoms with E-state index in [9.17, 15) is 29.5 Å². The van der Waals surface area contributed by atoms with Gasteiger partial charge in [0.2, 0.25) is 11.8 Å². The topological polar surface area (TPSA) is 157 Å². The molecule has 0 radical (unpaired) electrons. The van der Waals surface area contributed by atoms with E-state index >= 15 is 4.79 Å². The summed E-state index contributed by atoms with van der Waals surface area (Å²) in [5, 5.41) is 31.3. The average Bonchev–Trinajstić information content (AvgIpc) is 3.56. The van der Waals surface area contributed by atoms with E-state index in [1.165, 1.54) is 12.1 Å². The van der Waals surface area contributed by atoms with E-state index in [4.69, 9.17) is 4.74 Å². The lowest BCUT2D eigenvalue weighted by Gasteiger charge is -2.51. The SMILES string of the molecule is Cc1ccc(NN2C(=O)C3CC4C(=CCC5C(=O)N(c6cccc(B(O)O)c6)C(=O)C54)C(C4=COc5ccc(O)cc5C4)C3(c3ccccc3)C2=O)cc1. The first-order chi connectivity index (χ1) is 26.1. The fourth-order valence-electron chi connectivity index (χ4n) is 9.64. The number of fused-ring (bicyclic) bond motifs is 5. The molecule has 9 rings (SSSR count). The number of imide groups is 2. The summed E-state index contributed by atoms with van der Waals surface area (Å²) in [6, 6.07) is 27.6. The minimum Gasteiger partial charge on any atom is -0.508 e. The number of phenolic OH excluding ortho intramolecular Hbond substituents is 1. The van der Waals surface area contributed by atoms with Crippen molar-refractivity contribution in [2.24, 2.45) is 29.6 Å². The molecule has 2 saturated heterocycles. The molecule has 0 spiro atoms. The predicted molar refractivity (Wildman–Crippen MR) is 199 cm³/mol. The van der Waals surface area contributed by atoms with E-state index in [0.717, 1.165) is 21.0 Å². The molecule has 6 atom stereocenters. The summed E-state index contributed by atoms with van der Waals surface area (Å²) in [5.74, 6) is -4.94. The van der Waals surface area contributed by atoms with Gasteiger partial charge < -0.3 is 19.9 Å². The number of benzene rings is 4. The molecule has 6 unspecified atom stereocenters. The summed E-state index contributed by atoms with van der Waals surface area (Å²) in [4.78, 5) is 60.1. The van der Waals surface area contributed by atoms with Gasteiger partial charge in [-0.2, -0.15) is 5.01 Å². The second kappa shape index (κ2) is 12.6. The largest absolute Gasteiger partial charge is 0.508 e. The van der Waals surface area contributed by atoms with E-state index in [1.54, 1.807) is 48.7 Å². The number of anilines is 2. The Bertz CT molecular complexity index is 2310. The molecule has 54 heavy (non-hydrogen) atoms. The van der Waals surface area contributed by atoms with Crippen molar-refractivity contribution in [3.05, 3.63) is 137 Å². The predicted octanol–water partition coefficient (Wildman–Crippen LogP) is 3.92. The number of ether oxygens (including phenoxy) is 1. The van der Waals surface area contributed by atoms with Crippen LogP contribution in [-0.4, -0.2) is 50.9 Å². The van der Waals surface area contributed by atoms with Crippen molar-refractivity contribution in [3.8, 4) is 11.5 Å². The van der Waals surface area contributed by atoms with Crippen LogP contribution in [0, 0.1) is 36.5 Å². The summed E-state index contributed by atoms with van der Waals surface area (Å²) in [7, 11) is -1.79. The standard InChI is InChI=1S/C42H36BN3O8/c1-23-10-12-28(13-11-23)44-46-39(49)34-21-33-31(15-16-32-36(33)40(50)45(38(32)48)29-9-5-8-27(20-29)43(52)53)37(42(34,41(46)51)26-6-3-2-4-7-26)25-18-24-19-30(47)14-17-35(24)54-22-25/h2-15,17,19-20,22,32-34,36-37,44,47,52-53H,16,18,21H2,1H3. The molecule has 270 valence electrons. The zero-order valence-electron chi connectivity index (χ0n) is 29.3. The minimum absolute atomic E-state index is 0.0593. The lowest BCUT2D eigenvalue weighted by molar-refractivity contribution is -0.139. The van der Waals surface area contributed by atoms with Crippen LogP contribution in [-0.2, 0) is 31.0 Å². The molecule has 4 aromatic rings. The molecule has 11 nitrogen and oxygen atoms in total. The Hall–Kier alpha value is -5.98. The maximum absolute atomic E-state index is 15.4. The maximum Gasteiger partial charge on any atom is 0.488 e. The number of hydrazine groups is 1. The van der Waals surface area contributed by atoms with Crippen molar-refractivity contribution in [2.45, 2.75) is 31.6 Å². The number of aryl methyl sites for hydroxylation is 1. The van der Waals surface area contributed by atoms with Gasteiger partial charge in [-0.15, -0.1) is 0 Å². The maximum atomic E-state index is 15.4. The number of carbonyl (C=O) groups is 4. The Morgan fingerprint density at radius 1 is 0.852 bits per heavy atom. The molecule has 0 aromatic heterocycles. The third-order valence-electron chi connectivity index (χ3n) is 12.0. The fourth-order valence-corrected chi connectivity index (χ4v) is 9.64. The number of nitrogens with one attached hydrogen (secondary N) is 1. The third kappa shape index (κ3) is 4.97. The molecule has 4 N–H and O–H groups in total. The lowest BCUT2D eigenvalue weighted by Crippen LogP contribution is -2.55. The van der Waals surface area contributed by atoms with Crippen LogP contribution < -0.4 is 20.5 Å². The molecule has 2 aliphatic carbocycles. The molecule has 12 heteroatoms. The molecule has 1 saturated carbocycles. The van der Waals surface area contributed by atoms with Gasteiger partial charge in [0, 0.05) is 17.9 Å². The summed E-state index contributed by atoms with van der Waals surface area (Å²) in [5.41, 5.74) is 6.45. The first-order valence-electron chi connectivity index (χ1n) is 18.1. The van der Waals surface area contributed by atoms with Crippen molar-refractivity contribution < 1.29 is 39.1 Å². The molecule has 5 aliphatic rings. The number of hydrogen-bond donors (Lipinski definition) is 4. The summed E-state index contributed by atoms with van der Waals surface area (Å²) < 4.78 is 6.18. The van der Waals surface area contributed by atoms with Crippen LogP contribution in [0.3, 0.4) is 0 Å². The Balaban J connectivity index is 1.21. The highest BCUT2D eigenvalue weighted by atomic mass is 16.5. The highest BCUT2D eigenvalue weighted by molar-refractivity contribution is 6.58. The van der Waals surface area contributed by atoms with Gasteiger partial charge in [0.1, 0.15) is 11.5 Å². The van der Waals surface area contributed by atoms with Crippen LogP contribution in [0.5, 0.6) is 11.5 Å². The van der Waals surface area contributed by atoms with Crippen LogP contribution in [0.2, 0.25) is 0 Å². The normalized spacial score (nSPS) is 27.0. The van der Waals surface area contributed by atoms with Crippen LogP contribution in [0.15, 0.2) is 121 Å². The monoisotopic (exact) mass is 721 g/mol. The Labute approximate surface area is 311 Å². The molecule has 3 fully saturated rings. The molecular weight excluding hydrogens is 685 g/mol. The van der Waals surface area contributed by atoms with Gasteiger partial charge >= 0.3 is 7.12 Å².